The van der Waals surface area contributed by atoms with Crippen molar-refractivity contribution in [2.24, 2.45) is 11.7 Å². The van der Waals surface area contributed by atoms with E-state index in [1.54, 1.807) is 7.11 Å². The molecular weight excluding hydrogens is 162 g/mol. The minimum absolute atomic E-state index is 0.681. The van der Waals surface area contributed by atoms with Crippen molar-refractivity contribution in [2.75, 3.05) is 13.7 Å². The highest BCUT2D eigenvalue weighted by Gasteiger charge is 2.36. The number of ether oxygens (including phenoxy) is 1. The van der Waals surface area contributed by atoms with Crippen LogP contribution in [-0.4, -0.2) is 13.7 Å². The molecule has 1 aromatic carbocycles. The zero-order chi connectivity index (χ0) is 9.26. The third kappa shape index (κ3) is 1.68. The highest BCUT2D eigenvalue weighted by Crippen LogP contribution is 2.47. The fourth-order valence-corrected chi connectivity index (χ4v) is 1.79. The molecule has 0 unspecified atom stereocenters. The first-order valence-corrected chi connectivity index (χ1v) is 4.69. The van der Waals surface area contributed by atoms with Gasteiger partial charge in [-0.25, -0.2) is 0 Å². The van der Waals surface area contributed by atoms with Crippen LogP contribution < -0.4 is 10.5 Å². The maximum atomic E-state index is 5.60. The molecule has 0 bridgehead atoms. The second-order valence-corrected chi connectivity index (χ2v) is 3.61. The van der Waals surface area contributed by atoms with E-state index in [9.17, 15) is 0 Å². The largest absolute Gasteiger partial charge is 0.497 e. The summed E-state index contributed by atoms with van der Waals surface area (Å²) in [5, 5.41) is 0. The molecule has 0 radical (unpaired) electrons. The summed E-state index contributed by atoms with van der Waals surface area (Å²) >= 11 is 0. The molecule has 1 saturated carbocycles. The molecule has 0 amide bonds. The summed E-state index contributed by atoms with van der Waals surface area (Å²) in [6.45, 7) is 0.807. The maximum absolute atomic E-state index is 5.60. The molecule has 1 aliphatic carbocycles. The molecule has 2 heteroatoms. The lowest BCUT2D eigenvalue weighted by Gasteiger charge is -2.02. The van der Waals surface area contributed by atoms with Crippen molar-refractivity contribution in [3.63, 3.8) is 0 Å². The number of benzene rings is 1. The molecule has 70 valence electrons. The first kappa shape index (κ1) is 8.57. The fourth-order valence-electron chi connectivity index (χ4n) is 1.79. The van der Waals surface area contributed by atoms with Crippen molar-refractivity contribution in [1.82, 2.24) is 0 Å². The Morgan fingerprint density at radius 3 is 3.00 bits per heavy atom. The first-order chi connectivity index (χ1) is 6.35. The van der Waals surface area contributed by atoms with Crippen molar-refractivity contribution < 1.29 is 4.74 Å². The molecule has 2 N–H and O–H groups in total. The number of nitrogens with two attached hydrogens (primary N) is 1. The molecule has 0 aromatic heterocycles. The quantitative estimate of drug-likeness (QED) is 0.763. The van der Waals surface area contributed by atoms with E-state index in [1.165, 1.54) is 12.0 Å². The summed E-state index contributed by atoms with van der Waals surface area (Å²) in [6, 6.07) is 8.28. The number of methoxy groups -OCH3 is 1. The number of hydrogen-bond acceptors (Lipinski definition) is 2. The highest BCUT2D eigenvalue weighted by atomic mass is 16.5. The van der Waals surface area contributed by atoms with Gasteiger partial charge in [0.25, 0.3) is 0 Å². The van der Waals surface area contributed by atoms with E-state index in [-0.39, 0.29) is 0 Å². The lowest BCUT2D eigenvalue weighted by atomic mass is 10.1. The van der Waals surface area contributed by atoms with Crippen LogP contribution in [0.4, 0.5) is 0 Å². The minimum atomic E-state index is 0.681. The maximum Gasteiger partial charge on any atom is 0.119 e. The van der Waals surface area contributed by atoms with Gasteiger partial charge in [-0.1, -0.05) is 12.1 Å². The average Bonchev–Trinajstić information content (AvgIpc) is 2.97. The topological polar surface area (TPSA) is 35.2 Å². The molecular formula is C11H15NO. The minimum Gasteiger partial charge on any atom is -0.497 e. The van der Waals surface area contributed by atoms with Gasteiger partial charge in [0.1, 0.15) is 5.75 Å². The Bertz CT molecular complexity index is 298. The smallest absolute Gasteiger partial charge is 0.119 e. The lowest BCUT2D eigenvalue weighted by molar-refractivity contribution is 0.414. The van der Waals surface area contributed by atoms with Crippen molar-refractivity contribution >= 4 is 0 Å². The molecule has 0 saturated heterocycles. The third-order valence-electron chi connectivity index (χ3n) is 2.75. The van der Waals surface area contributed by atoms with E-state index in [2.05, 4.69) is 12.1 Å². The Morgan fingerprint density at radius 1 is 1.54 bits per heavy atom. The van der Waals surface area contributed by atoms with Crippen LogP contribution in [0.25, 0.3) is 0 Å². The van der Waals surface area contributed by atoms with Crippen molar-refractivity contribution in [3.8, 4) is 5.75 Å². The van der Waals surface area contributed by atoms with Gasteiger partial charge in [0, 0.05) is 0 Å². The Labute approximate surface area is 78.7 Å². The molecule has 13 heavy (non-hydrogen) atoms. The Morgan fingerprint density at radius 2 is 2.38 bits per heavy atom. The van der Waals surface area contributed by atoms with Crippen molar-refractivity contribution in [1.29, 1.82) is 0 Å². The van der Waals surface area contributed by atoms with Crippen LogP contribution in [0.2, 0.25) is 0 Å². The zero-order valence-electron chi connectivity index (χ0n) is 7.86. The van der Waals surface area contributed by atoms with Gasteiger partial charge in [0.05, 0.1) is 7.11 Å². The molecule has 2 atom stereocenters. The van der Waals surface area contributed by atoms with Gasteiger partial charge in [-0.15, -0.1) is 0 Å². The molecule has 0 spiro atoms. The highest BCUT2D eigenvalue weighted by molar-refractivity contribution is 5.34. The van der Waals surface area contributed by atoms with E-state index >= 15 is 0 Å². The first-order valence-electron chi connectivity index (χ1n) is 4.69. The normalized spacial score (nSPS) is 25.7. The summed E-state index contributed by atoms with van der Waals surface area (Å²) in [5.74, 6) is 2.33. The van der Waals surface area contributed by atoms with Gasteiger partial charge in [0.2, 0.25) is 0 Å². The van der Waals surface area contributed by atoms with Gasteiger partial charge in [-0.2, -0.15) is 0 Å². The van der Waals surface area contributed by atoms with Gasteiger partial charge >= 0.3 is 0 Å². The monoisotopic (exact) mass is 177 g/mol. The van der Waals surface area contributed by atoms with Crippen LogP contribution in [0.5, 0.6) is 5.75 Å². The third-order valence-corrected chi connectivity index (χ3v) is 2.75. The van der Waals surface area contributed by atoms with Crippen LogP contribution in [0.1, 0.15) is 17.9 Å². The summed E-state index contributed by atoms with van der Waals surface area (Å²) in [5.41, 5.74) is 6.97. The standard InChI is InChI=1S/C11H15NO/c1-13-10-4-2-3-8(5-10)11-6-9(11)7-12/h2-5,9,11H,6-7,12H2,1H3/t9-,11-/m1/s1. The molecule has 0 heterocycles. The van der Waals surface area contributed by atoms with Crippen LogP contribution in [0, 0.1) is 5.92 Å². The predicted octanol–water partition coefficient (Wildman–Crippen LogP) is 1.76. The Hall–Kier alpha value is -1.02. The van der Waals surface area contributed by atoms with Crippen LogP contribution in [-0.2, 0) is 0 Å². The van der Waals surface area contributed by atoms with E-state index < -0.39 is 0 Å². The van der Waals surface area contributed by atoms with Crippen molar-refractivity contribution in [3.05, 3.63) is 29.8 Å². The molecule has 2 nitrogen and oxygen atoms in total. The molecule has 0 aliphatic heterocycles. The second-order valence-electron chi connectivity index (χ2n) is 3.61. The second kappa shape index (κ2) is 3.38. The Kier molecular flexibility index (Phi) is 2.23. The van der Waals surface area contributed by atoms with Gasteiger partial charge in [-0.05, 0) is 42.5 Å². The predicted molar refractivity (Wildman–Crippen MR) is 52.9 cm³/mol. The average molecular weight is 177 g/mol. The summed E-state index contributed by atoms with van der Waals surface area (Å²) in [4.78, 5) is 0. The summed E-state index contributed by atoms with van der Waals surface area (Å²) in [7, 11) is 1.70. The number of hydrogen-bond donors (Lipinski definition) is 1. The zero-order valence-corrected chi connectivity index (χ0v) is 7.86. The van der Waals surface area contributed by atoms with Crippen molar-refractivity contribution in [2.45, 2.75) is 12.3 Å². The van der Waals surface area contributed by atoms with Crippen LogP contribution in [0.15, 0.2) is 24.3 Å². The van der Waals surface area contributed by atoms with Gasteiger partial charge in [-0.3, -0.25) is 0 Å². The summed E-state index contributed by atoms with van der Waals surface area (Å²) < 4.78 is 5.17. The van der Waals surface area contributed by atoms with E-state index in [4.69, 9.17) is 10.5 Å². The van der Waals surface area contributed by atoms with Gasteiger partial charge < -0.3 is 10.5 Å². The van der Waals surface area contributed by atoms with Crippen LogP contribution >= 0.6 is 0 Å². The van der Waals surface area contributed by atoms with E-state index in [0.717, 1.165) is 12.3 Å². The van der Waals surface area contributed by atoms with E-state index in [1.807, 2.05) is 12.1 Å². The summed E-state index contributed by atoms with van der Waals surface area (Å²) in [6.07, 6.45) is 1.24. The Balaban J connectivity index is 2.13. The van der Waals surface area contributed by atoms with Crippen LogP contribution in [0.3, 0.4) is 0 Å². The molecule has 1 aromatic rings. The number of rotatable bonds is 3. The SMILES string of the molecule is COc1cccc([C@H]2C[C@@H]2CN)c1. The molecule has 2 rings (SSSR count). The lowest BCUT2D eigenvalue weighted by Crippen LogP contribution is -2.01. The molecule has 1 aliphatic rings. The van der Waals surface area contributed by atoms with Gasteiger partial charge in [0.15, 0.2) is 0 Å². The van der Waals surface area contributed by atoms with E-state index in [0.29, 0.717) is 11.8 Å². The fraction of sp³-hybridized carbons (Fsp3) is 0.455. The molecule has 1 fully saturated rings.